The molecule has 0 radical (unpaired) electrons. The van der Waals surface area contributed by atoms with E-state index in [0.717, 1.165) is 16.2 Å². The average Bonchev–Trinajstić information content (AvgIpc) is 2.81. The molecule has 0 saturated carbocycles. The zero-order valence-electron chi connectivity index (χ0n) is 11.2. The Labute approximate surface area is 126 Å². The molecule has 1 unspecified atom stereocenters. The first-order valence-electron chi connectivity index (χ1n) is 6.40. The normalized spacial score (nSPS) is 19.4. The summed E-state index contributed by atoms with van der Waals surface area (Å²) in [5, 5.41) is 10.9. The number of hydrogen-bond donors (Lipinski definition) is 1. The molecule has 1 aliphatic heterocycles. The molecule has 6 heteroatoms. The number of amides is 1. The number of aryl methyl sites for hydroxylation is 1. The van der Waals surface area contributed by atoms with Crippen molar-refractivity contribution >= 4 is 41.1 Å². The van der Waals surface area contributed by atoms with Crippen LogP contribution in [-0.2, 0) is 9.59 Å². The molecule has 4 nitrogen and oxygen atoms in total. The first-order valence-corrected chi connectivity index (χ1v) is 8.43. The van der Waals surface area contributed by atoms with Crippen molar-refractivity contribution < 1.29 is 14.7 Å². The van der Waals surface area contributed by atoms with Gasteiger partial charge in [0.1, 0.15) is 0 Å². The van der Waals surface area contributed by atoms with Gasteiger partial charge < -0.3 is 10.0 Å². The van der Waals surface area contributed by atoms with Gasteiger partial charge in [0.2, 0.25) is 5.91 Å². The van der Waals surface area contributed by atoms with Crippen LogP contribution in [0.25, 0.3) is 6.08 Å². The molecule has 1 aromatic rings. The third-order valence-electron chi connectivity index (χ3n) is 3.20. The fraction of sp³-hybridized carbons (Fsp3) is 0.429. The topological polar surface area (TPSA) is 57.6 Å². The van der Waals surface area contributed by atoms with Crippen LogP contribution in [0.4, 0.5) is 0 Å². The molecular weight excluding hydrogens is 294 g/mol. The Hall–Kier alpha value is -1.27. The second-order valence-corrected chi connectivity index (χ2v) is 6.76. The number of thioether (sulfide) groups is 1. The molecule has 1 N–H and O–H groups in total. The van der Waals surface area contributed by atoms with Crippen molar-refractivity contribution in [1.82, 2.24) is 4.90 Å². The molecule has 2 heterocycles. The molecule has 1 fully saturated rings. The number of hydrogen-bond acceptors (Lipinski definition) is 4. The van der Waals surface area contributed by atoms with Gasteiger partial charge in [-0.1, -0.05) is 0 Å². The van der Waals surface area contributed by atoms with Gasteiger partial charge in [0.15, 0.2) is 0 Å². The van der Waals surface area contributed by atoms with Crippen LogP contribution in [0.2, 0.25) is 0 Å². The Bertz CT molecular complexity index is 524. The third-order valence-corrected chi connectivity index (χ3v) is 5.28. The van der Waals surface area contributed by atoms with Gasteiger partial charge in [-0.05, 0) is 30.0 Å². The molecule has 108 valence electrons. The highest BCUT2D eigenvalue weighted by molar-refractivity contribution is 7.99. The lowest BCUT2D eigenvalue weighted by Gasteiger charge is -2.33. The van der Waals surface area contributed by atoms with Crippen LogP contribution < -0.4 is 0 Å². The van der Waals surface area contributed by atoms with E-state index in [1.165, 1.54) is 0 Å². The fourth-order valence-corrected chi connectivity index (χ4v) is 4.00. The lowest BCUT2D eigenvalue weighted by atomic mass is 10.2. The Morgan fingerprint density at radius 2 is 2.35 bits per heavy atom. The number of nitrogens with zero attached hydrogens (tertiary/aromatic N) is 1. The van der Waals surface area contributed by atoms with Crippen molar-refractivity contribution in [2.75, 3.05) is 18.1 Å². The van der Waals surface area contributed by atoms with E-state index < -0.39 is 5.97 Å². The average molecular weight is 311 g/mol. The predicted molar refractivity (Wildman–Crippen MR) is 83.2 cm³/mol. The largest absolute Gasteiger partial charge is 0.481 e. The molecule has 1 aromatic heterocycles. The molecule has 2 rings (SSSR count). The van der Waals surface area contributed by atoms with Crippen LogP contribution in [-0.4, -0.2) is 46.0 Å². The van der Waals surface area contributed by atoms with E-state index in [2.05, 4.69) is 0 Å². The summed E-state index contributed by atoms with van der Waals surface area (Å²) >= 11 is 3.30. The smallest absolute Gasteiger partial charge is 0.305 e. The van der Waals surface area contributed by atoms with Crippen molar-refractivity contribution in [2.45, 2.75) is 19.4 Å². The molecule has 0 aliphatic carbocycles. The summed E-state index contributed by atoms with van der Waals surface area (Å²) in [5.74, 6) is 0.621. The molecule has 1 amide bonds. The van der Waals surface area contributed by atoms with Crippen LogP contribution in [0.3, 0.4) is 0 Å². The minimum atomic E-state index is -0.853. The van der Waals surface area contributed by atoms with Crippen LogP contribution in [0.1, 0.15) is 16.9 Å². The predicted octanol–water partition coefficient (Wildman–Crippen LogP) is 2.49. The Morgan fingerprint density at radius 1 is 1.55 bits per heavy atom. The lowest BCUT2D eigenvalue weighted by Crippen LogP contribution is -2.46. The molecule has 1 atom stereocenters. The zero-order valence-corrected chi connectivity index (χ0v) is 12.9. The summed E-state index contributed by atoms with van der Waals surface area (Å²) in [7, 11) is 0. The number of carbonyl (C=O) groups is 2. The molecule has 1 aliphatic rings. The maximum atomic E-state index is 12.2. The van der Waals surface area contributed by atoms with E-state index >= 15 is 0 Å². The van der Waals surface area contributed by atoms with Gasteiger partial charge in [0, 0.05) is 29.0 Å². The lowest BCUT2D eigenvalue weighted by molar-refractivity contribution is -0.139. The van der Waals surface area contributed by atoms with E-state index in [4.69, 9.17) is 5.11 Å². The Kier molecular flexibility index (Phi) is 5.25. The van der Waals surface area contributed by atoms with Crippen LogP contribution in [0.5, 0.6) is 0 Å². The highest BCUT2D eigenvalue weighted by Crippen LogP contribution is 2.21. The van der Waals surface area contributed by atoms with Crippen molar-refractivity contribution in [3.63, 3.8) is 0 Å². The summed E-state index contributed by atoms with van der Waals surface area (Å²) in [5.41, 5.74) is 1.15. The van der Waals surface area contributed by atoms with Crippen LogP contribution in [0, 0.1) is 6.92 Å². The van der Waals surface area contributed by atoms with E-state index in [1.807, 2.05) is 24.4 Å². The van der Waals surface area contributed by atoms with Crippen LogP contribution >= 0.6 is 23.1 Å². The molecule has 0 spiro atoms. The number of aliphatic carboxylic acids is 1. The maximum Gasteiger partial charge on any atom is 0.305 e. The first-order chi connectivity index (χ1) is 9.58. The molecule has 0 bridgehead atoms. The quantitative estimate of drug-likeness (QED) is 0.868. The number of rotatable bonds is 4. The van der Waals surface area contributed by atoms with Crippen molar-refractivity contribution in [1.29, 1.82) is 0 Å². The number of carboxylic acids is 1. The molecule has 20 heavy (non-hydrogen) atoms. The summed E-state index contributed by atoms with van der Waals surface area (Å²) in [6.07, 6.45) is 3.40. The fourth-order valence-electron chi connectivity index (χ4n) is 2.11. The van der Waals surface area contributed by atoms with Gasteiger partial charge in [-0.3, -0.25) is 9.59 Å². The Balaban J connectivity index is 2.04. The standard InChI is InChI=1S/C14H17NO3S2/c1-10-4-6-20-12(10)2-3-13(16)15-5-7-19-9-11(15)8-14(17)18/h2-4,6,11H,5,7-9H2,1H3,(H,17,18). The highest BCUT2D eigenvalue weighted by atomic mass is 32.2. The van der Waals surface area contributed by atoms with Gasteiger partial charge in [-0.15, -0.1) is 11.3 Å². The van der Waals surface area contributed by atoms with E-state index in [9.17, 15) is 9.59 Å². The monoisotopic (exact) mass is 311 g/mol. The van der Waals surface area contributed by atoms with Crippen LogP contribution in [0.15, 0.2) is 17.5 Å². The molecular formula is C14H17NO3S2. The third kappa shape index (κ3) is 3.86. The minimum Gasteiger partial charge on any atom is -0.481 e. The summed E-state index contributed by atoms with van der Waals surface area (Å²) in [6, 6.07) is 1.81. The number of thiophene rings is 1. The Morgan fingerprint density at radius 3 is 3.00 bits per heavy atom. The van der Waals surface area contributed by atoms with Gasteiger partial charge >= 0.3 is 5.97 Å². The van der Waals surface area contributed by atoms with Gasteiger partial charge in [-0.2, -0.15) is 11.8 Å². The van der Waals surface area contributed by atoms with E-state index in [1.54, 1.807) is 34.1 Å². The van der Waals surface area contributed by atoms with E-state index in [-0.39, 0.29) is 18.4 Å². The second kappa shape index (κ2) is 6.95. The minimum absolute atomic E-state index is 0.0185. The summed E-state index contributed by atoms with van der Waals surface area (Å²) in [6.45, 7) is 2.63. The molecule has 0 aromatic carbocycles. The summed E-state index contributed by atoms with van der Waals surface area (Å²) in [4.78, 5) is 25.9. The van der Waals surface area contributed by atoms with Crippen molar-refractivity contribution in [2.24, 2.45) is 0 Å². The number of carboxylic acid groups (broad SMARTS) is 1. The first kappa shape index (κ1) is 15.1. The van der Waals surface area contributed by atoms with Gasteiger partial charge in [-0.25, -0.2) is 0 Å². The number of carbonyl (C=O) groups excluding carboxylic acids is 1. The zero-order chi connectivity index (χ0) is 14.5. The van der Waals surface area contributed by atoms with Crippen molar-refractivity contribution in [3.05, 3.63) is 28.0 Å². The maximum absolute atomic E-state index is 12.2. The van der Waals surface area contributed by atoms with Gasteiger partial charge in [0.05, 0.1) is 12.5 Å². The van der Waals surface area contributed by atoms with Crippen molar-refractivity contribution in [3.8, 4) is 0 Å². The molecule has 1 saturated heterocycles. The second-order valence-electron chi connectivity index (χ2n) is 4.66. The SMILES string of the molecule is Cc1ccsc1C=CC(=O)N1CCSCC1CC(=O)O. The highest BCUT2D eigenvalue weighted by Gasteiger charge is 2.27. The summed E-state index contributed by atoms with van der Waals surface area (Å²) < 4.78 is 0. The van der Waals surface area contributed by atoms with Gasteiger partial charge in [0.25, 0.3) is 0 Å². The van der Waals surface area contributed by atoms with E-state index in [0.29, 0.717) is 12.3 Å².